The zero-order chi connectivity index (χ0) is 16.4. The van der Waals surface area contributed by atoms with Gasteiger partial charge in [0.25, 0.3) is 5.91 Å². The van der Waals surface area contributed by atoms with Crippen LogP contribution < -0.4 is 10.5 Å². The number of nitrogens with zero attached hydrogens (tertiary/aromatic N) is 1. The molecule has 6 nitrogen and oxygen atoms in total. The molecule has 0 fully saturated rings. The van der Waals surface area contributed by atoms with Crippen LogP contribution in [0.15, 0.2) is 42.7 Å². The van der Waals surface area contributed by atoms with E-state index < -0.39 is 11.9 Å². The van der Waals surface area contributed by atoms with Gasteiger partial charge in [-0.25, -0.2) is 4.79 Å². The maximum absolute atomic E-state index is 11.4. The molecule has 23 heavy (non-hydrogen) atoms. The quantitative estimate of drug-likeness (QED) is 0.743. The molecule has 7 heteroatoms. The first-order chi connectivity index (χ1) is 11.1. The van der Waals surface area contributed by atoms with Gasteiger partial charge in [0.1, 0.15) is 5.75 Å². The minimum Gasteiger partial charge on any atom is -0.465 e. The number of methoxy groups -OCH3 is 1. The number of benzene rings is 1. The standard InChI is InChI=1S/C16H12N2O4S/c1-21-16(20)9-2-4-10(5-3-9)22-12-7-18-8-14-11(12)6-13(23-14)15(17)19/h2-8H,1H3,(H2,17,19). The van der Waals surface area contributed by atoms with Gasteiger partial charge in [0.15, 0.2) is 5.75 Å². The van der Waals surface area contributed by atoms with Gasteiger partial charge in [-0.1, -0.05) is 0 Å². The average Bonchev–Trinajstić information content (AvgIpc) is 3.00. The van der Waals surface area contributed by atoms with Gasteiger partial charge in [-0.05, 0) is 30.3 Å². The lowest BCUT2D eigenvalue weighted by Gasteiger charge is -2.07. The van der Waals surface area contributed by atoms with Crippen molar-refractivity contribution in [3.05, 3.63) is 53.2 Å². The molecule has 0 saturated heterocycles. The molecule has 3 rings (SSSR count). The number of carbonyl (C=O) groups is 2. The van der Waals surface area contributed by atoms with Crippen LogP contribution >= 0.6 is 11.3 Å². The van der Waals surface area contributed by atoms with Crippen molar-refractivity contribution < 1.29 is 19.1 Å². The van der Waals surface area contributed by atoms with Crippen molar-refractivity contribution in [1.82, 2.24) is 4.98 Å². The molecule has 0 aliphatic rings. The monoisotopic (exact) mass is 328 g/mol. The zero-order valence-electron chi connectivity index (χ0n) is 12.1. The van der Waals surface area contributed by atoms with Crippen LogP contribution in [0.5, 0.6) is 11.5 Å². The molecule has 0 radical (unpaired) electrons. The fourth-order valence-electron chi connectivity index (χ4n) is 2.04. The van der Waals surface area contributed by atoms with Crippen molar-refractivity contribution >= 4 is 33.3 Å². The van der Waals surface area contributed by atoms with E-state index >= 15 is 0 Å². The Labute approximate surface area is 135 Å². The van der Waals surface area contributed by atoms with Crippen LogP contribution in [0.1, 0.15) is 20.0 Å². The van der Waals surface area contributed by atoms with E-state index in [2.05, 4.69) is 9.72 Å². The Kier molecular flexibility index (Phi) is 3.94. The molecule has 116 valence electrons. The first-order valence-corrected chi connectivity index (χ1v) is 7.43. The van der Waals surface area contributed by atoms with Crippen LogP contribution in [0.3, 0.4) is 0 Å². The molecule has 0 aliphatic heterocycles. The summed E-state index contributed by atoms with van der Waals surface area (Å²) in [6.45, 7) is 0. The predicted molar refractivity (Wildman–Crippen MR) is 86.0 cm³/mol. The van der Waals surface area contributed by atoms with Crippen LogP contribution in [0.4, 0.5) is 0 Å². The third kappa shape index (κ3) is 3.00. The molecule has 0 spiro atoms. The summed E-state index contributed by atoms with van der Waals surface area (Å²) >= 11 is 1.26. The van der Waals surface area contributed by atoms with E-state index in [1.54, 1.807) is 42.7 Å². The summed E-state index contributed by atoms with van der Waals surface area (Å²) in [5.41, 5.74) is 5.74. The smallest absolute Gasteiger partial charge is 0.337 e. The number of carbonyl (C=O) groups excluding carboxylic acids is 2. The molecule has 0 unspecified atom stereocenters. The Bertz CT molecular complexity index is 887. The van der Waals surface area contributed by atoms with E-state index in [1.807, 2.05) is 0 Å². The highest BCUT2D eigenvalue weighted by molar-refractivity contribution is 7.20. The SMILES string of the molecule is COC(=O)c1ccc(Oc2cncc3sc(C(N)=O)cc23)cc1. The number of pyridine rings is 1. The Morgan fingerprint density at radius 2 is 1.91 bits per heavy atom. The molecule has 3 aromatic rings. The van der Waals surface area contributed by atoms with E-state index in [0.29, 0.717) is 21.9 Å². The van der Waals surface area contributed by atoms with Crippen molar-refractivity contribution in [2.75, 3.05) is 7.11 Å². The number of nitrogens with two attached hydrogens (primary N) is 1. The van der Waals surface area contributed by atoms with E-state index in [-0.39, 0.29) is 0 Å². The van der Waals surface area contributed by atoms with Gasteiger partial charge in [-0.15, -0.1) is 11.3 Å². The molecule has 2 heterocycles. The van der Waals surface area contributed by atoms with Crippen molar-refractivity contribution in [3.63, 3.8) is 0 Å². The van der Waals surface area contributed by atoms with Crippen LogP contribution in [-0.2, 0) is 4.74 Å². The highest BCUT2D eigenvalue weighted by atomic mass is 32.1. The summed E-state index contributed by atoms with van der Waals surface area (Å²) in [6, 6.07) is 8.22. The molecule has 0 saturated carbocycles. The van der Waals surface area contributed by atoms with Crippen molar-refractivity contribution in [3.8, 4) is 11.5 Å². The number of rotatable bonds is 4. The lowest BCUT2D eigenvalue weighted by Crippen LogP contribution is -2.08. The number of ether oxygens (including phenoxy) is 2. The maximum Gasteiger partial charge on any atom is 0.337 e. The second kappa shape index (κ2) is 6.05. The number of fused-ring (bicyclic) bond motifs is 1. The Morgan fingerprint density at radius 1 is 1.17 bits per heavy atom. The van der Waals surface area contributed by atoms with Crippen molar-refractivity contribution in [2.45, 2.75) is 0 Å². The van der Waals surface area contributed by atoms with Gasteiger partial charge in [-0.3, -0.25) is 9.78 Å². The highest BCUT2D eigenvalue weighted by Crippen LogP contribution is 2.34. The van der Waals surface area contributed by atoms with Gasteiger partial charge in [0, 0.05) is 11.6 Å². The van der Waals surface area contributed by atoms with Crippen LogP contribution in [0, 0.1) is 0 Å². The van der Waals surface area contributed by atoms with Crippen LogP contribution in [-0.4, -0.2) is 24.0 Å². The second-order valence-corrected chi connectivity index (χ2v) is 5.73. The summed E-state index contributed by atoms with van der Waals surface area (Å²) in [5.74, 6) is 0.152. The normalized spacial score (nSPS) is 10.5. The van der Waals surface area contributed by atoms with Gasteiger partial charge < -0.3 is 15.2 Å². The zero-order valence-corrected chi connectivity index (χ0v) is 12.9. The third-order valence-corrected chi connectivity index (χ3v) is 4.24. The van der Waals surface area contributed by atoms with Crippen molar-refractivity contribution in [1.29, 1.82) is 0 Å². The number of amides is 1. The molecule has 0 aliphatic carbocycles. The molecule has 2 N–H and O–H groups in total. The summed E-state index contributed by atoms with van der Waals surface area (Å²) in [5, 5.41) is 0.760. The lowest BCUT2D eigenvalue weighted by molar-refractivity contribution is 0.0600. The fraction of sp³-hybridized carbons (Fsp3) is 0.0625. The first-order valence-electron chi connectivity index (χ1n) is 6.62. The summed E-state index contributed by atoms with van der Waals surface area (Å²) in [4.78, 5) is 27.2. The van der Waals surface area contributed by atoms with Gasteiger partial charge in [-0.2, -0.15) is 0 Å². The van der Waals surface area contributed by atoms with Crippen LogP contribution in [0.2, 0.25) is 0 Å². The minimum absolute atomic E-state index is 0.413. The predicted octanol–water partition coefficient (Wildman–Crippen LogP) is 2.97. The average molecular weight is 328 g/mol. The minimum atomic E-state index is -0.486. The number of esters is 1. The fourth-order valence-corrected chi connectivity index (χ4v) is 2.94. The maximum atomic E-state index is 11.4. The van der Waals surface area contributed by atoms with Gasteiger partial charge in [0.05, 0.1) is 28.4 Å². The Hall–Kier alpha value is -2.93. The highest BCUT2D eigenvalue weighted by Gasteiger charge is 2.12. The van der Waals surface area contributed by atoms with Gasteiger partial charge >= 0.3 is 5.97 Å². The number of thiophene rings is 1. The van der Waals surface area contributed by atoms with E-state index in [1.165, 1.54) is 18.4 Å². The molecule has 2 aromatic heterocycles. The number of primary amides is 1. The first kappa shape index (κ1) is 15.0. The summed E-state index contributed by atoms with van der Waals surface area (Å²) in [6.07, 6.45) is 3.22. The van der Waals surface area contributed by atoms with E-state index in [9.17, 15) is 9.59 Å². The second-order valence-electron chi connectivity index (χ2n) is 4.64. The Morgan fingerprint density at radius 3 is 2.57 bits per heavy atom. The van der Waals surface area contributed by atoms with E-state index in [0.717, 1.165) is 10.1 Å². The van der Waals surface area contributed by atoms with Gasteiger partial charge in [0.2, 0.25) is 0 Å². The molecule has 1 aromatic carbocycles. The molecule has 1 amide bonds. The van der Waals surface area contributed by atoms with E-state index in [4.69, 9.17) is 10.5 Å². The molecular weight excluding hydrogens is 316 g/mol. The Balaban J connectivity index is 1.92. The molecule has 0 bridgehead atoms. The van der Waals surface area contributed by atoms with Crippen molar-refractivity contribution in [2.24, 2.45) is 5.73 Å². The number of hydrogen-bond acceptors (Lipinski definition) is 6. The lowest BCUT2D eigenvalue weighted by atomic mass is 10.2. The largest absolute Gasteiger partial charge is 0.465 e. The summed E-state index contributed by atoms with van der Waals surface area (Å²) < 4.78 is 11.2. The topological polar surface area (TPSA) is 91.5 Å². The third-order valence-electron chi connectivity index (χ3n) is 3.16. The molecular formula is C16H12N2O4S. The molecule has 0 atom stereocenters. The number of hydrogen-bond donors (Lipinski definition) is 1. The summed E-state index contributed by atoms with van der Waals surface area (Å²) in [7, 11) is 1.33. The van der Waals surface area contributed by atoms with Crippen LogP contribution in [0.25, 0.3) is 10.1 Å². The number of aromatic nitrogens is 1.